The van der Waals surface area contributed by atoms with Crippen LogP contribution >= 0.6 is 0 Å². The molecular formula is C13H31NSn2. The van der Waals surface area contributed by atoms with Gasteiger partial charge in [0.2, 0.25) is 0 Å². The topological polar surface area (TPSA) is 3.24 Å². The van der Waals surface area contributed by atoms with Gasteiger partial charge in [-0.05, 0) is 0 Å². The van der Waals surface area contributed by atoms with Gasteiger partial charge in [0.1, 0.15) is 0 Å². The summed E-state index contributed by atoms with van der Waals surface area (Å²) in [4.78, 5) is 17.8. The Morgan fingerprint density at radius 1 is 0.938 bits per heavy atom. The zero-order valence-corrected chi connectivity index (χ0v) is 18.4. The summed E-state index contributed by atoms with van der Waals surface area (Å²) in [6.07, 6.45) is 0. The molecule has 0 spiro atoms. The fraction of sp³-hybridized carbons (Fsp3) is 0.846. The first-order chi connectivity index (χ1) is 7.10. The van der Waals surface area contributed by atoms with Crippen molar-refractivity contribution in [3.8, 4) is 0 Å². The molecule has 3 heteroatoms. The summed E-state index contributed by atoms with van der Waals surface area (Å²) in [5.74, 6) is 0. The Balaban J connectivity index is 4.91. The van der Waals surface area contributed by atoms with Crippen LogP contribution in [0.4, 0.5) is 0 Å². The molecule has 0 rings (SSSR count). The Kier molecular flexibility index (Phi) is 7.60. The van der Waals surface area contributed by atoms with Gasteiger partial charge >= 0.3 is 112 Å². The molecule has 0 saturated heterocycles. The van der Waals surface area contributed by atoms with E-state index in [9.17, 15) is 0 Å². The third-order valence-corrected chi connectivity index (χ3v) is 15.0. The monoisotopic (exact) mass is 441 g/mol. The van der Waals surface area contributed by atoms with Crippen molar-refractivity contribution < 1.29 is 0 Å². The quantitative estimate of drug-likeness (QED) is 0.566. The summed E-state index contributed by atoms with van der Waals surface area (Å²) in [6.45, 7) is 8.19. The molecule has 0 aliphatic heterocycles. The molecule has 0 atom stereocenters. The Morgan fingerprint density at radius 3 is 1.62 bits per heavy atom. The van der Waals surface area contributed by atoms with Crippen LogP contribution < -0.4 is 0 Å². The second kappa shape index (κ2) is 7.03. The van der Waals surface area contributed by atoms with E-state index in [1.165, 1.54) is 19.6 Å². The molecule has 0 heterocycles. The van der Waals surface area contributed by atoms with Crippen molar-refractivity contribution in [3.63, 3.8) is 0 Å². The van der Waals surface area contributed by atoms with Crippen LogP contribution in [0.3, 0.4) is 0 Å². The van der Waals surface area contributed by atoms with Gasteiger partial charge in [-0.25, -0.2) is 0 Å². The molecule has 0 N–H and O–H groups in total. The summed E-state index contributed by atoms with van der Waals surface area (Å²) in [6, 6.07) is 0. The fourth-order valence-corrected chi connectivity index (χ4v) is 24.8. The van der Waals surface area contributed by atoms with Gasteiger partial charge in [0.05, 0.1) is 0 Å². The Hall–Kier alpha value is 1.30. The standard InChI is InChI=1S/C7H13N.6CH3.2Sn/c1-4-7-8(5-2)6-3;;;;;;;;/h1H,5-7H2,2-3H3;6*1H3;;. The number of likely N-dealkylation sites (N-methyl/N-ethyl adjacent to an activating group) is 1. The summed E-state index contributed by atoms with van der Waals surface area (Å²) >= 11 is -3.63. The van der Waals surface area contributed by atoms with Crippen molar-refractivity contribution in [2.75, 3.05) is 19.6 Å². The Morgan fingerprint density at radius 2 is 1.38 bits per heavy atom. The Bertz CT molecular complexity index is 229. The second-order valence-corrected chi connectivity index (χ2v) is 35.8. The van der Waals surface area contributed by atoms with E-state index in [4.69, 9.17) is 0 Å². The van der Waals surface area contributed by atoms with Crippen LogP contribution in [0.5, 0.6) is 0 Å². The van der Waals surface area contributed by atoms with Crippen LogP contribution in [0, 0.1) is 0 Å². The molecule has 0 fully saturated rings. The van der Waals surface area contributed by atoms with Gasteiger partial charge in [-0.3, -0.25) is 0 Å². The van der Waals surface area contributed by atoms with E-state index in [0.29, 0.717) is 0 Å². The summed E-state index contributed by atoms with van der Waals surface area (Å²) < 4.78 is 4.62. The van der Waals surface area contributed by atoms with Gasteiger partial charge in [0.15, 0.2) is 0 Å². The third kappa shape index (κ3) is 7.59. The van der Waals surface area contributed by atoms with Crippen molar-refractivity contribution in [2.45, 2.75) is 43.5 Å². The van der Waals surface area contributed by atoms with Crippen molar-refractivity contribution in [1.29, 1.82) is 0 Å². The van der Waals surface area contributed by atoms with Crippen LogP contribution in [-0.4, -0.2) is 61.3 Å². The normalized spacial score (nSPS) is 14.7. The molecule has 0 unspecified atom stereocenters. The molecule has 0 radical (unpaired) electrons. The van der Waals surface area contributed by atoms with E-state index in [1.54, 1.807) is 0 Å². The van der Waals surface area contributed by atoms with Crippen molar-refractivity contribution in [2.24, 2.45) is 0 Å². The van der Waals surface area contributed by atoms with Gasteiger partial charge in [0, 0.05) is 0 Å². The van der Waals surface area contributed by atoms with Crippen LogP contribution in [0.25, 0.3) is 0 Å². The summed E-state index contributed by atoms with van der Waals surface area (Å²) in [7, 11) is 0. The van der Waals surface area contributed by atoms with E-state index in [-0.39, 0.29) is 0 Å². The maximum atomic E-state index is 2.75. The third-order valence-electron chi connectivity index (χ3n) is 2.86. The molecule has 96 valence electrons. The SMILES string of the molecule is CCN(CC)C/[C](=[CH]\[Sn]([CH3])([CH3])[CH3])[Sn]([CH3])([CH3])[CH3]. The van der Waals surface area contributed by atoms with E-state index < -0.39 is 36.8 Å². The Labute approximate surface area is 111 Å². The zero-order valence-electron chi connectivity index (χ0n) is 12.6. The number of hydrogen-bond donors (Lipinski definition) is 0. The molecule has 0 aliphatic rings. The zero-order chi connectivity index (χ0) is 13.0. The van der Waals surface area contributed by atoms with Crippen LogP contribution in [0.1, 0.15) is 13.8 Å². The predicted octanol–water partition coefficient (Wildman–Crippen LogP) is 4.01. The molecule has 16 heavy (non-hydrogen) atoms. The van der Waals surface area contributed by atoms with Gasteiger partial charge in [0.25, 0.3) is 0 Å². The van der Waals surface area contributed by atoms with Crippen molar-refractivity contribution in [1.82, 2.24) is 4.90 Å². The molecular weight excluding hydrogens is 408 g/mol. The van der Waals surface area contributed by atoms with E-state index in [1.807, 2.05) is 3.59 Å². The molecule has 1 nitrogen and oxygen atoms in total. The first-order valence-corrected chi connectivity index (χ1v) is 26.7. The van der Waals surface area contributed by atoms with Crippen LogP contribution in [0.15, 0.2) is 7.68 Å². The fourth-order valence-electron chi connectivity index (χ4n) is 1.71. The summed E-state index contributed by atoms with van der Waals surface area (Å²) in [5.41, 5.74) is 0. The molecule has 0 bridgehead atoms. The molecule has 0 aromatic rings. The van der Waals surface area contributed by atoms with Crippen molar-refractivity contribution in [3.05, 3.63) is 7.68 Å². The van der Waals surface area contributed by atoms with Gasteiger partial charge < -0.3 is 0 Å². The van der Waals surface area contributed by atoms with E-state index in [0.717, 1.165) is 0 Å². The maximum absolute atomic E-state index is 2.75. The molecule has 0 aromatic heterocycles. The predicted molar refractivity (Wildman–Crippen MR) is 82.6 cm³/mol. The minimum absolute atomic E-state index is 1.19. The van der Waals surface area contributed by atoms with Gasteiger partial charge in [-0.15, -0.1) is 0 Å². The van der Waals surface area contributed by atoms with Gasteiger partial charge in [-0.2, -0.15) is 0 Å². The molecule has 0 amide bonds. The van der Waals surface area contributed by atoms with Crippen LogP contribution in [-0.2, 0) is 0 Å². The average molecular weight is 439 g/mol. The van der Waals surface area contributed by atoms with Gasteiger partial charge in [-0.1, -0.05) is 0 Å². The summed E-state index contributed by atoms with van der Waals surface area (Å²) in [5, 5.41) is 0. The average Bonchev–Trinajstić information content (AvgIpc) is 2.08. The number of hydrogen-bond acceptors (Lipinski definition) is 1. The molecule has 0 aromatic carbocycles. The molecule has 0 aliphatic carbocycles. The number of rotatable bonds is 6. The first kappa shape index (κ1) is 17.3. The number of nitrogens with zero attached hydrogens (tertiary/aromatic N) is 1. The minimum atomic E-state index is -1.86. The first-order valence-electron chi connectivity index (χ1n) is 6.54. The van der Waals surface area contributed by atoms with E-state index in [2.05, 4.69) is 52.5 Å². The second-order valence-electron chi connectivity index (χ2n) is 6.75. The van der Waals surface area contributed by atoms with E-state index >= 15 is 0 Å². The molecule has 0 saturated carbocycles. The van der Waals surface area contributed by atoms with Crippen LogP contribution in [0.2, 0.25) is 29.6 Å². The van der Waals surface area contributed by atoms with Crippen molar-refractivity contribution >= 4 is 36.8 Å².